The van der Waals surface area contributed by atoms with E-state index in [0.29, 0.717) is 19.7 Å². The van der Waals surface area contributed by atoms with E-state index >= 15 is 0 Å². The van der Waals surface area contributed by atoms with Gasteiger partial charge in [-0.3, -0.25) is 9.59 Å². The first-order valence-corrected chi connectivity index (χ1v) is 7.90. The Morgan fingerprint density at radius 2 is 2.14 bits per heavy atom. The van der Waals surface area contributed by atoms with Crippen molar-refractivity contribution >= 4 is 11.8 Å². The number of ether oxygens (including phenoxy) is 1. The molecular weight excluding hydrogens is 280 g/mol. The lowest BCUT2D eigenvalue weighted by Gasteiger charge is -2.32. The van der Waals surface area contributed by atoms with E-state index in [0.717, 1.165) is 19.3 Å². The molecule has 22 heavy (non-hydrogen) atoms. The fourth-order valence-corrected chi connectivity index (χ4v) is 4.16. The molecule has 0 aromatic heterocycles. The quantitative estimate of drug-likeness (QED) is 0.869. The zero-order chi connectivity index (χ0) is 15.3. The van der Waals surface area contributed by atoms with Gasteiger partial charge < -0.3 is 15.4 Å². The Bertz CT molecular complexity index is 645. The van der Waals surface area contributed by atoms with E-state index < -0.39 is 12.0 Å². The summed E-state index contributed by atoms with van der Waals surface area (Å²) in [4.78, 5) is 25.9. The van der Waals surface area contributed by atoms with E-state index in [1.165, 1.54) is 11.1 Å². The normalized spacial score (nSPS) is 32.8. The number of hydrogen-bond donors (Lipinski definition) is 1. The average molecular weight is 300 g/mol. The first-order chi connectivity index (χ1) is 10.6. The van der Waals surface area contributed by atoms with Crippen LogP contribution in [0, 0.1) is 5.92 Å². The molecule has 1 aromatic rings. The highest BCUT2D eigenvalue weighted by Crippen LogP contribution is 2.62. The number of carbonyl (C=O) groups is 2. The molecular formula is C17H20N2O3. The summed E-state index contributed by atoms with van der Waals surface area (Å²) >= 11 is 0. The van der Waals surface area contributed by atoms with Gasteiger partial charge in [-0.25, -0.2) is 0 Å². The number of nitrogens with two attached hydrogens (primary N) is 1. The van der Waals surface area contributed by atoms with Gasteiger partial charge >= 0.3 is 0 Å². The Kier molecular flexibility index (Phi) is 3.01. The van der Waals surface area contributed by atoms with Gasteiger partial charge in [-0.1, -0.05) is 24.3 Å². The topological polar surface area (TPSA) is 72.6 Å². The maximum atomic E-state index is 12.8. The average Bonchev–Trinajstić information content (AvgIpc) is 3.16. The van der Waals surface area contributed by atoms with E-state index in [2.05, 4.69) is 24.3 Å². The van der Waals surface area contributed by atoms with Crippen LogP contribution >= 0.6 is 0 Å². The van der Waals surface area contributed by atoms with Crippen molar-refractivity contribution in [3.8, 4) is 0 Å². The molecule has 2 N–H and O–H groups in total. The number of benzene rings is 1. The van der Waals surface area contributed by atoms with Gasteiger partial charge in [0.25, 0.3) is 0 Å². The summed E-state index contributed by atoms with van der Waals surface area (Å²) in [6, 6.07) is 8.46. The SMILES string of the molecule is NC(=O)[C@@H]1CN(C(=O)[C@@H]2C[C@]23CCc2ccccc23)CCO1. The maximum absolute atomic E-state index is 12.8. The van der Waals surface area contributed by atoms with Crippen LogP contribution in [0.15, 0.2) is 24.3 Å². The summed E-state index contributed by atoms with van der Waals surface area (Å²) in [6.45, 7) is 1.23. The van der Waals surface area contributed by atoms with Crippen LogP contribution in [0.4, 0.5) is 0 Å². The highest BCUT2D eigenvalue weighted by atomic mass is 16.5. The van der Waals surface area contributed by atoms with Gasteiger partial charge in [0.1, 0.15) is 0 Å². The summed E-state index contributed by atoms with van der Waals surface area (Å²) < 4.78 is 5.32. The van der Waals surface area contributed by atoms with Crippen LogP contribution in [0.2, 0.25) is 0 Å². The van der Waals surface area contributed by atoms with Crippen molar-refractivity contribution in [1.82, 2.24) is 4.90 Å². The van der Waals surface area contributed by atoms with Crippen LogP contribution < -0.4 is 5.73 Å². The fraction of sp³-hybridized carbons (Fsp3) is 0.529. The van der Waals surface area contributed by atoms with Gasteiger partial charge in [0.15, 0.2) is 6.10 Å². The Balaban J connectivity index is 1.51. The van der Waals surface area contributed by atoms with Crippen LogP contribution in [-0.2, 0) is 26.2 Å². The van der Waals surface area contributed by atoms with Crippen molar-refractivity contribution in [2.75, 3.05) is 19.7 Å². The number of primary amides is 1. The second-order valence-corrected chi connectivity index (χ2v) is 6.62. The van der Waals surface area contributed by atoms with Crippen LogP contribution in [-0.4, -0.2) is 42.5 Å². The number of hydrogen-bond acceptors (Lipinski definition) is 3. The molecule has 4 rings (SSSR count). The van der Waals surface area contributed by atoms with Crippen LogP contribution in [0.5, 0.6) is 0 Å². The molecule has 1 aliphatic heterocycles. The number of aryl methyl sites for hydroxylation is 1. The smallest absolute Gasteiger partial charge is 0.248 e. The first kappa shape index (κ1) is 13.8. The van der Waals surface area contributed by atoms with Crippen molar-refractivity contribution in [2.45, 2.75) is 30.8 Å². The third-order valence-electron chi connectivity index (χ3n) is 5.46. The van der Waals surface area contributed by atoms with E-state index in [1.807, 2.05) is 0 Å². The van der Waals surface area contributed by atoms with Crippen molar-refractivity contribution < 1.29 is 14.3 Å². The predicted octanol–water partition coefficient (Wildman–Crippen LogP) is 0.603. The molecule has 3 atom stereocenters. The number of amides is 2. The summed E-state index contributed by atoms with van der Waals surface area (Å²) in [7, 11) is 0. The molecule has 3 aliphatic rings. The summed E-state index contributed by atoms with van der Waals surface area (Å²) in [5.41, 5.74) is 8.09. The molecule has 0 radical (unpaired) electrons. The molecule has 1 saturated carbocycles. The Morgan fingerprint density at radius 1 is 1.32 bits per heavy atom. The molecule has 116 valence electrons. The number of morpholine rings is 1. The predicted molar refractivity (Wildman–Crippen MR) is 80.1 cm³/mol. The molecule has 1 heterocycles. The zero-order valence-corrected chi connectivity index (χ0v) is 12.5. The monoisotopic (exact) mass is 300 g/mol. The third kappa shape index (κ3) is 1.96. The first-order valence-electron chi connectivity index (χ1n) is 7.90. The van der Waals surface area contributed by atoms with Crippen LogP contribution in [0.25, 0.3) is 0 Å². The fourth-order valence-electron chi connectivity index (χ4n) is 4.16. The van der Waals surface area contributed by atoms with Crippen molar-refractivity contribution in [3.05, 3.63) is 35.4 Å². The summed E-state index contributed by atoms with van der Waals surface area (Å²) in [5, 5.41) is 0. The number of carbonyl (C=O) groups excluding carboxylic acids is 2. The molecule has 5 heteroatoms. The Morgan fingerprint density at radius 3 is 2.95 bits per heavy atom. The number of nitrogens with zero attached hydrogens (tertiary/aromatic N) is 1. The zero-order valence-electron chi connectivity index (χ0n) is 12.5. The lowest BCUT2D eigenvalue weighted by atomic mass is 9.95. The van der Waals surface area contributed by atoms with Gasteiger partial charge in [-0.05, 0) is 30.4 Å². The molecule has 2 aliphatic carbocycles. The van der Waals surface area contributed by atoms with Crippen molar-refractivity contribution in [1.29, 1.82) is 0 Å². The van der Waals surface area contributed by atoms with Gasteiger partial charge in [0.05, 0.1) is 13.2 Å². The Labute approximate surface area is 129 Å². The Hall–Kier alpha value is -1.88. The number of rotatable bonds is 2. The third-order valence-corrected chi connectivity index (χ3v) is 5.46. The van der Waals surface area contributed by atoms with Crippen molar-refractivity contribution in [3.63, 3.8) is 0 Å². The van der Waals surface area contributed by atoms with Gasteiger partial charge in [0, 0.05) is 17.9 Å². The van der Waals surface area contributed by atoms with Crippen LogP contribution in [0.1, 0.15) is 24.0 Å². The van der Waals surface area contributed by atoms with E-state index in [4.69, 9.17) is 10.5 Å². The van der Waals surface area contributed by atoms with Gasteiger partial charge in [-0.15, -0.1) is 0 Å². The molecule has 5 nitrogen and oxygen atoms in total. The summed E-state index contributed by atoms with van der Waals surface area (Å²) in [5.74, 6) is -0.275. The highest BCUT2D eigenvalue weighted by molar-refractivity contribution is 5.86. The summed E-state index contributed by atoms with van der Waals surface area (Å²) in [6.07, 6.45) is 2.39. The minimum atomic E-state index is -0.664. The molecule has 0 bridgehead atoms. The molecule has 1 saturated heterocycles. The lowest BCUT2D eigenvalue weighted by molar-refractivity contribution is -0.146. The van der Waals surface area contributed by atoms with Gasteiger partial charge in [0.2, 0.25) is 11.8 Å². The highest BCUT2D eigenvalue weighted by Gasteiger charge is 2.62. The molecule has 2 fully saturated rings. The molecule has 1 spiro atoms. The van der Waals surface area contributed by atoms with Crippen molar-refractivity contribution in [2.24, 2.45) is 11.7 Å². The standard InChI is InChI=1S/C17H20N2O3/c18-15(20)14-10-19(7-8-22-14)16(21)13-9-17(13)6-5-11-3-1-2-4-12(11)17/h1-4,13-14H,5-10H2,(H2,18,20)/t13-,14-,17-/m0/s1. The van der Waals surface area contributed by atoms with Gasteiger partial charge in [-0.2, -0.15) is 0 Å². The minimum Gasteiger partial charge on any atom is -0.367 e. The second kappa shape index (κ2) is 4.81. The molecule has 1 aromatic carbocycles. The molecule has 0 unspecified atom stereocenters. The largest absolute Gasteiger partial charge is 0.367 e. The number of fused-ring (bicyclic) bond motifs is 2. The van der Waals surface area contributed by atoms with E-state index in [-0.39, 0.29) is 17.2 Å². The second-order valence-electron chi connectivity index (χ2n) is 6.62. The minimum absolute atomic E-state index is 0.0498. The van der Waals surface area contributed by atoms with E-state index in [9.17, 15) is 9.59 Å². The molecule has 2 amide bonds. The maximum Gasteiger partial charge on any atom is 0.248 e. The lowest BCUT2D eigenvalue weighted by Crippen LogP contribution is -2.51. The van der Waals surface area contributed by atoms with E-state index in [1.54, 1.807) is 4.90 Å². The van der Waals surface area contributed by atoms with Crippen LogP contribution in [0.3, 0.4) is 0 Å².